The number of hydrogen-bond donors (Lipinski definition) is 0. The van der Waals surface area contributed by atoms with E-state index in [9.17, 15) is 4.79 Å². The molecule has 0 aliphatic carbocycles. The van der Waals surface area contributed by atoms with Gasteiger partial charge in [0.1, 0.15) is 0 Å². The molecule has 0 aliphatic rings. The molecule has 154 valence electrons. The van der Waals surface area contributed by atoms with Crippen LogP contribution in [-0.2, 0) is 0 Å². The van der Waals surface area contributed by atoms with Crippen LogP contribution in [0, 0.1) is 13.8 Å². The predicted molar refractivity (Wildman–Crippen MR) is 125 cm³/mol. The van der Waals surface area contributed by atoms with Gasteiger partial charge in [0.05, 0.1) is 20.8 Å². The highest BCUT2D eigenvalue weighted by Crippen LogP contribution is 2.32. The Labute approximate surface area is 186 Å². The van der Waals surface area contributed by atoms with Crippen LogP contribution in [0.15, 0.2) is 30.3 Å². The van der Waals surface area contributed by atoms with Crippen molar-refractivity contribution in [1.29, 1.82) is 0 Å². The van der Waals surface area contributed by atoms with Crippen molar-refractivity contribution in [3.63, 3.8) is 0 Å². The lowest BCUT2D eigenvalue weighted by Crippen LogP contribution is -2.39. The van der Waals surface area contributed by atoms with Gasteiger partial charge in [0.15, 0.2) is 5.13 Å². The van der Waals surface area contributed by atoms with Gasteiger partial charge >= 0.3 is 0 Å². The molecule has 0 N–H and O–H groups in total. The van der Waals surface area contributed by atoms with Crippen LogP contribution in [0.25, 0.3) is 10.2 Å². The Kier molecular flexibility index (Phi) is 7.17. The molecule has 1 amide bonds. The number of anilines is 1. The number of fused-ring (bicyclic) bond motifs is 1. The van der Waals surface area contributed by atoms with Crippen LogP contribution < -0.4 is 4.90 Å². The van der Waals surface area contributed by atoms with E-state index in [1.165, 1.54) is 22.5 Å². The summed E-state index contributed by atoms with van der Waals surface area (Å²) in [6, 6.07) is 9.17. The molecule has 0 saturated carbocycles. The zero-order valence-corrected chi connectivity index (χ0v) is 19.5. The molecule has 1 heterocycles. The first kappa shape index (κ1) is 22.0. The van der Waals surface area contributed by atoms with E-state index in [1.54, 1.807) is 23.1 Å². The predicted octanol–water partition coefficient (Wildman–Crippen LogP) is 6.21. The zero-order chi connectivity index (χ0) is 21.1. The van der Waals surface area contributed by atoms with Crippen molar-refractivity contribution in [3.8, 4) is 0 Å². The third-order valence-corrected chi connectivity index (χ3v) is 6.77. The summed E-state index contributed by atoms with van der Waals surface area (Å²) >= 11 is 14.0. The number of hydrogen-bond acceptors (Lipinski definition) is 4. The first-order chi connectivity index (χ1) is 13.8. The summed E-state index contributed by atoms with van der Waals surface area (Å²) in [5.41, 5.74) is 3.70. The SMILES string of the molecule is CCN(CC)CCN(C(=O)c1cc(Cl)ccc1Cl)c1nc2cc(C)c(C)cc2s1. The van der Waals surface area contributed by atoms with E-state index in [0.717, 1.165) is 29.9 Å². The number of likely N-dealkylation sites (N-methyl/N-ethyl adjacent to an activating group) is 1. The normalized spacial score (nSPS) is 11.4. The minimum Gasteiger partial charge on any atom is -0.302 e. The maximum absolute atomic E-state index is 13.4. The molecule has 7 heteroatoms. The summed E-state index contributed by atoms with van der Waals surface area (Å²) in [5.74, 6) is -0.183. The second kappa shape index (κ2) is 9.43. The molecule has 4 nitrogen and oxygen atoms in total. The van der Waals surface area contributed by atoms with E-state index in [2.05, 4.69) is 44.7 Å². The highest BCUT2D eigenvalue weighted by atomic mass is 35.5. The average Bonchev–Trinajstić information content (AvgIpc) is 3.09. The van der Waals surface area contributed by atoms with Gasteiger partial charge < -0.3 is 4.90 Å². The molecule has 0 bridgehead atoms. The number of carbonyl (C=O) groups is 1. The van der Waals surface area contributed by atoms with Crippen molar-refractivity contribution < 1.29 is 4.79 Å². The van der Waals surface area contributed by atoms with Crippen LogP contribution in [0.2, 0.25) is 10.0 Å². The van der Waals surface area contributed by atoms with Gasteiger partial charge in [0.25, 0.3) is 5.91 Å². The molecule has 0 unspecified atom stereocenters. The molecule has 0 fully saturated rings. The number of benzene rings is 2. The Hall–Kier alpha value is -1.66. The molecule has 0 spiro atoms. The summed E-state index contributed by atoms with van der Waals surface area (Å²) in [4.78, 5) is 22.2. The fraction of sp³-hybridized carbons (Fsp3) is 0.364. The highest BCUT2D eigenvalue weighted by molar-refractivity contribution is 7.22. The largest absolute Gasteiger partial charge is 0.302 e. The van der Waals surface area contributed by atoms with Crippen molar-refractivity contribution in [2.75, 3.05) is 31.1 Å². The van der Waals surface area contributed by atoms with Crippen LogP contribution in [-0.4, -0.2) is 42.0 Å². The van der Waals surface area contributed by atoms with Gasteiger partial charge in [-0.25, -0.2) is 4.98 Å². The number of carbonyl (C=O) groups excluding carboxylic acids is 1. The minimum atomic E-state index is -0.183. The fourth-order valence-electron chi connectivity index (χ4n) is 3.16. The van der Waals surface area contributed by atoms with Crippen molar-refractivity contribution in [2.24, 2.45) is 0 Å². The van der Waals surface area contributed by atoms with Gasteiger partial charge in [0.2, 0.25) is 0 Å². The van der Waals surface area contributed by atoms with Gasteiger partial charge in [0, 0.05) is 18.1 Å². The van der Waals surface area contributed by atoms with E-state index in [4.69, 9.17) is 28.2 Å². The van der Waals surface area contributed by atoms with Gasteiger partial charge in [-0.05, 0) is 68.4 Å². The maximum atomic E-state index is 13.4. The highest BCUT2D eigenvalue weighted by Gasteiger charge is 2.24. The molecule has 29 heavy (non-hydrogen) atoms. The van der Waals surface area contributed by atoms with Crippen LogP contribution in [0.1, 0.15) is 35.3 Å². The smallest absolute Gasteiger partial charge is 0.261 e. The molecule has 2 aromatic carbocycles. The number of rotatable bonds is 7. The summed E-state index contributed by atoms with van der Waals surface area (Å²) in [5, 5.41) is 1.55. The second-order valence-electron chi connectivity index (χ2n) is 7.01. The van der Waals surface area contributed by atoms with Crippen molar-refractivity contribution in [2.45, 2.75) is 27.7 Å². The Morgan fingerprint density at radius 2 is 1.72 bits per heavy atom. The lowest BCUT2D eigenvalue weighted by Gasteiger charge is -2.25. The maximum Gasteiger partial charge on any atom is 0.261 e. The van der Waals surface area contributed by atoms with Gasteiger partial charge in [-0.2, -0.15) is 0 Å². The van der Waals surface area contributed by atoms with Crippen LogP contribution >= 0.6 is 34.5 Å². The Morgan fingerprint density at radius 3 is 2.41 bits per heavy atom. The number of thiazole rings is 1. The van der Waals surface area contributed by atoms with Crippen LogP contribution in [0.3, 0.4) is 0 Å². The van der Waals surface area contributed by atoms with Crippen molar-refractivity contribution >= 4 is 55.8 Å². The Balaban J connectivity index is 2.02. The Morgan fingerprint density at radius 1 is 1.03 bits per heavy atom. The Bertz CT molecular complexity index is 991. The molecule has 1 aromatic heterocycles. The molecule has 0 aliphatic heterocycles. The topological polar surface area (TPSA) is 36.4 Å². The van der Waals surface area contributed by atoms with Gasteiger partial charge in [-0.3, -0.25) is 9.69 Å². The molecule has 0 radical (unpaired) electrons. The van der Waals surface area contributed by atoms with Crippen molar-refractivity contribution in [3.05, 3.63) is 57.1 Å². The summed E-state index contributed by atoms with van der Waals surface area (Å²) in [6.07, 6.45) is 0. The molecule has 3 rings (SSSR count). The summed E-state index contributed by atoms with van der Waals surface area (Å²) in [7, 11) is 0. The van der Waals surface area contributed by atoms with E-state index in [-0.39, 0.29) is 5.91 Å². The molecule has 0 saturated heterocycles. The third-order valence-electron chi connectivity index (χ3n) is 5.16. The number of aryl methyl sites for hydroxylation is 2. The minimum absolute atomic E-state index is 0.183. The monoisotopic (exact) mass is 449 g/mol. The van der Waals surface area contributed by atoms with Gasteiger partial charge in [-0.15, -0.1) is 0 Å². The number of amides is 1. The van der Waals surface area contributed by atoms with E-state index in [0.29, 0.717) is 27.3 Å². The van der Waals surface area contributed by atoms with E-state index >= 15 is 0 Å². The molecular weight excluding hydrogens is 425 g/mol. The lowest BCUT2D eigenvalue weighted by molar-refractivity contribution is 0.0984. The first-order valence-electron chi connectivity index (χ1n) is 9.71. The number of nitrogens with zero attached hydrogens (tertiary/aromatic N) is 3. The van der Waals surface area contributed by atoms with Crippen LogP contribution in [0.4, 0.5) is 5.13 Å². The van der Waals surface area contributed by atoms with Crippen molar-refractivity contribution in [1.82, 2.24) is 9.88 Å². The van der Waals surface area contributed by atoms with Crippen LogP contribution in [0.5, 0.6) is 0 Å². The fourth-order valence-corrected chi connectivity index (χ4v) is 4.60. The van der Waals surface area contributed by atoms with E-state index < -0.39 is 0 Å². The zero-order valence-electron chi connectivity index (χ0n) is 17.1. The standard InChI is InChI=1S/C22H25Cl2N3OS/c1-5-26(6-2)9-10-27(21(28)17-13-16(23)7-8-18(17)24)22-25-19-11-14(3)15(4)12-20(19)29-22/h7-8,11-13H,5-6,9-10H2,1-4H3. The molecule has 0 atom stereocenters. The number of aromatic nitrogens is 1. The summed E-state index contributed by atoms with van der Waals surface area (Å²) < 4.78 is 1.07. The average molecular weight is 450 g/mol. The number of halogens is 2. The lowest BCUT2D eigenvalue weighted by atomic mass is 10.1. The summed E-state index contributed by atoms with van der Waals surface area (Å²) in [6.45, 7) is 11.5. The van der Waals surface area contributed by atoms with Gasteiger partial charge in [-0.1, -0.05) is 48.4 Å². The first-order valence-corrected chi connectivity index (χ1v) is 11.3. The third kappa shape index (κ3) is 4.92. The van der Waals surface area contributed by atoms with E-state index in [1.807, 2.05) is 0 Å². The quantitative estimate of drug-likeness (QED) is 0.430. The molecule has 3 aromatic rings. The molecular formula is C22H25Cl2N3OS. The second-order valence-corrected chi connectivity index (χ2v) is 8.86.